The highest BCUT2D eigenvalue weighted by Crippen LogP contribution is 2.45. The van der Waals surface area contributed by atoms with Crippen LogP contribution in [0.25, 0.3) is 10.9 Å². The lowest BCUT2D eigenvalue weighted by Crippen LogP contribution is -2.35. The maximum absolute atomic E-state index is 12.6. The van der Waals surface area contributed by atoms with Gasteiger partial charge < -0.3 is 4.90 Å². The molecule has 1 aromatic heterocycles. The summed E-state index contributed by atoms with van der Waals surface area (Å²) >= 11 is 0. The molecule has 3 atom stereocenters. The smallest absolute Gasteiger partial charge is 0.222 e. The molecule has 29 heavy (non-hydrogen) atoms. The number of fused-ring (bicyclic) bond motifs is 2. The first kappa shape index (κ1) is 18.3. The third-order valence-electron chi connectivity index (χ3n) is 6.55. The summed E-state index contributed by atoms with van der Waals surface area (Å²) in [5.41, 5.74) is 3.46. The van der Waals surface area contributed by atoms with Gasteiger partial charge in [0.1, 0.15) is 0 Å². The highest BCUT2D eigenvalue weighted by molar-refractivity contribution is 5.78. The first-order valence-corrected chi connectivity index (χ1v) is 10.6. The summed E-state index contributed by atoms with van der Waals surface area (Å²) in [6.45, 7) is 5.78. The minimum absolute atomic E-state index is 0.197. The minimum Gasteiger partial charge on any atom is -0.335 e. The van der Waals surface area contributed by atoms with E-state index in [1.165, 1.54) is 10.9 Å². The maximum atomic E-state index is 12.6. The van der Waals surface area contributed by atoms with Crippen molar-refractivity contribution in [1.29, 1.82) is 0 Å². The fourth-order valence-corrected chi connectivity index (χ4v) is 5.23. The largest absolute Gasteiger partial charge is 0.335 e. The van der Waals surface area contributed by atoms with E-state index in [4.69, 9.17) is 4.98 Å². The van der Waals surface area contributed by atoms with Crippen molar-refractivity contribution in [2.75, 3.05) is 19.6 Å². The molecule has 0 spiro atoms. The molecule has 0 radical (unpaired) electrons. The normalized spacial score (nSPS) is 24.2. The van der Waals surface area contributed by atoms with Gasteiger partial charge in [-0.3, -0.25) is 14.7 Å². The van der Waals surface area contributed by atoms with E-state index in [0.717, 1.165) is 37.4 Å². The van der Waals surface area contributed by atoms with Crippen molar-refractivity contribution >= 4 is 16.8 Å². The van der Waals surface area contributed by atoms with Gasteiger partial charge in [0.15, 0.2) is 0 Å². The van der Waals surface area contributed by atoms with E-state index in [-0.39, 0.29) is 11.9 Å². The van der Waals surface area contributed by atoms with Crippen molar-refractivity contribution in [3.8, 4) is 0 Å². The van der Waals surface area contributed by atoms with Crippen molar-refractivity contribution in [2.45, 2.75) is 25.9 Å². The van der Waals surface area contributed by atoms with E-state index in [1.54, 1.807) is 0 Å². The molecule has 2 aliphatic rings. The van der Waals surface area contributed by atoms with Crippen LogP contribution in [0, 0.1) is 11.8 Å². The first-order chi connectivity index (χ1) is 14.2. The molecular formula is C25H27N3O. The van der Waals surface area contributed by atoms with E-state index in [9.17, 15) is 4.79 Å². The number of pyridine rings is 1. The first-order valence-electron chi connectivity index (χ1n) is 10.6. The third-order valence-corrected chi connectivity index (χ3v) is 6.55. The molecule has 3 heterocycles. The van der Waals surface area contributed by atoms with E-state index < -0.39 is 0 Å². The molecule has 3 aromatic rings. The van der Waals surface area contributed by atoms with Gasteiger partial charge >= 0.3 is 0 Å². The number of aromatic nitrogens is 1. The molecule has 2 saturated heterocycles. The lowest BCUT2D eigenvalue weighted by Gasteiger charge is -2.29. The Morgan fingerprint density at radius 3 is 2.59 bits per heavy atom. The van der Waals surface area contributed by atoms with Crippen molar-refractivity contribution in [3.05, 3.63) is 78.0 Å². The molecule has 2 aromatic carbocycles. The lowest BCUT2D eigenvalue weighted by molar-refractivity contribution is -0.132. The molecule has 4 nitrogen and oxygen atoms in total. The molecule has 0 unspecified atom stereocenters. The fourth-order valence-electron chi connectivity index (χ4n) is 5.23. The monoisotopic (exact) mass is 385 g/mol. The van der Waals surface area contributed by atoms with E-state index in [2.05, 4.69) is 64.4 Å². The molecule has 4 heteroatoms. The van der Waals surface area contributed by atoms with Gasteiger partial charge in [0, 0.05) is 43.9 Å². The van der Waals surface area contributed by atoms with Gasteiger partial charge in [0.05, 0.1) is 17.3 Å². The minimum atomic E-state index is 0.197. The Balaban J connectivity index is 1.36. The zero-order valence-corrected chi connectivity index (χ0v) is 16.9. The van der Waals surface area contributed by atoms with Gasteiger partial charge in [-0.25, -0.2) is 0 Å². The predicted octanol–water partition coefficient (Wildman–Crippen LogP) is 4.28. The number of rotatable bonds is 4. The highest BCUT2D eigenvalue weighted by Gasteiger charge is 2.48. The van der Waals surface area contributed by atoms with E-state index in [1.807, 2.05) is 19.1 Å². The molecule has 0 bridgehead atoms. The van der Waals surface area contributed by atoms with Crippen molar-refractivity contribution < 1.29 is 4.79 Å². The Labute approximate surface area is 172 Å². The van der Waals surface area contributed by atoms with Crippen LogP contribution in [0.1, 0.15) is 30.6 Å². The number of para-hydroxylation sites is 1. The van der Waals surface area contributed by atoms with Crippen LogP contribution in [-0.2, 0) is 11.3 Å². The van der Waals surface area contributed by atoms with Crippen LogP contribution < -0.4 is 0 Å². The fraction of sp³-hybridized carbons (Fsp3) is 0.360. The Kier molecular flexibility index (Phi) is 4.80. The standard InChI is InChI=1S/C25H27N3O/c1-2-24(29)28-15-20-14-27(17-22(20)25(28)19-9-4-3-5-10-19)16-21-13-12-18-8-6-7-11-23(18)26-21/h3-13,20,22,25H,2,14-17H2,1H3/t20-,22-,25+/m0/s1. The summed E-state index contributed by atoms with van der Waals surface area (Å²) in [5.74, 6) is 1.31. The lowest BCUT2D eigenvalue weighted by atomic mass is 9.89. The molecule has 0 saturated carbocycles. The van der Waals surface area contributed by atoms with Crippen LogP contribution in [0.3, 0.4) is 0 Å². The summed E-state index contributed by atoms with van der Waals surface area (Å²) in [5, 5.41) is 1.19. The van der Waals surface area contributed by atoms with Crippen LogP contribution in [0.15, 0.2) is 66.7 Å². The Hall–Kier alpha value is -2.72. The molecular weight excluding hydrogens is 358 g/mol. The van der Waals surface area contributed by atoms with Crippen molar-refractivity contribution in [1.82, 2.24) is 14.8 Å². The summed E-state index contributed by atoms with van der Waals surface area (Å²) in [6.07, 6.45) is 0.577. The van der Waals surface area contributed by atoms with Crippen LogP contribution in [-0.4, -0.2) is 40.3 Å². The quantitative estimate of drug-likeness (QED) is 0.673. The summed E-state index contributed by atoms with van der Waals surface area (Å²) in [7, 11) is 0. The predicted molar refractivity (Wildman–Crippen MR) is 115 cm³/mol. The SMILES string of the molecule is CCC(=O)N1C[C@@H]2CN(Cc3ccc4ccccc4n3)C[C@@H]2[C@H]1c1ccccc1. The highest BCUT2D eigenvalue weighted by atomic mass is 16.2. The summed E-state index contributed by atoms with van der Waals surface area (Å²) in [4.78, 5) is 22.1. The van der Waals surface area contributed by atoms with Gasteiger partial charge in [0.25, 0.3) is 0 Å². The Bertz CT molecular complexity index is 1020. The number of hydrogen-bond acceptors (Lipinski definition) is 3. The van der Waals surface area contributed by atoms with Crippen LogP contribution in [0.2, 0.25) is 0 Å². The van der Waals surface area contributed by atoms with Crippen LogP contribution in [0.4, 0.5) is 0 Å². The molecule has 2 aliphatic heterocycles. The molecule has 0 aliphatic carbocycles. The molecule has 2 fully saturated rings. The second-order valence-corrected chi connectivity index (χ2v) is 8.37. The van der Waals surface area contributed by atoms with Crippen molar-refractivity contribution in [3.63, 3.8) is 0 Å². The van der Waals surface area contributed by atoms with Gasteiger partial charge in [0.2, 0.25) is 5.91 Å². The molecule has 1 amide bonds. The average Bonchev–Trinajstić information content (AvgIpc) is 3.31. The Morgan fingerprint density at radius 2 is 1.76 bits per heavy atom. The van der Waals surface area contributed by atoms with Gasteiger partial charge in [-0.1, -0.05) is 61.5 Å². The second-order valence-electron chi connectivity index (χ2n) is 8.37. The van der Waals surface area contributed by atoms with E-state index in [0.29, 0.717) is 18.3 Å². The molecule has 5 rings (SSSR count). The third kappa shape index (κ3) is 3.42. The maximum Gasteiger partial charge on any atom is 0.222 e. The van der Waals surface area contributed by atoms with Gasteiger partial charge in [-0.15, -0.1) is 0 Å². The average molecular weight is 386 g/mol. The van der Waals surface area contributed by atoms with Crippen LogP contribution >= 0.6 is 0 Å². The number of likely N-dealkylation sites (tertiary alicyclic amines) is 2. The Morgan fingerprint density at radius 1 is 0.966 bits per heavy atom. The number of amides is 1. The number of benzene rings is 2. The van der Waals surface area contributed by atoms with E-state index >= 15 is 0 Å². The second kappa shape index (κ2) is 7.60. The van der Waals surface area contributed by atoms with Crippen molar-refractivity contribution in [2.24, 2.45) is 11.8 Å². The summed E-state index contributed by atoms with van der Waals surface area (Å²) < 4.78 is 0. The number of carbonyl (C=O) groups excluding carboxylic acids is 1. The van der Waals surface area contributed by atoms with Gasteiger partial charge in [-0.2, -0.15) is 0 Å². The zero-order valence-electron chi connectivity index (χ0n) is 16.9. The molecule has 148 valence electrons. The summed E-state index contributed by atoms with van der Waals surface area (Å²) in [6, 6.07) is 23.4. The van der Waals surface area contributed by atoms with Gasteiger partial charge in [-0.05, 0) is 23.6 Å². The van der Waals surface area contributed by atoms with Crippen LogP contribution in [0.5, 0.6) is 0 Å². The number of hydrogen-bond donors (Lipinski definition) is 0. The number of carbonyl (C=O) groups is 1. The molecule has 0 N–H and O–H groups in total. The number of nitrogens with zero attached hydrogens (tertiary/aromatic N) is 3. The topological polar surface area (TPSA) is 36.4 Å². The zero-order chi connectivity index (χ0) is 19.8.